The third-order valence-corrected chi connectivity index (χ3v) is 6.40. The predicted octanol–water partition coefficient (Wildman–Crippen LogP) is 4.48. The lowest BCUT2D eigenvalue weighted by Gasteiger charge is -2.27. The molecule has 1 amide bonds. The van der Waals surface area contributed by atoms with E-state index in [0.717, 1.165) is 37.6 Å². The van der Waals surface area contributed by atoms with Crippen molar-refractivity contribution in [1.82, 2.24) is 14.8 Å². The number of nitrogens with one attached hydrogen (secondary N) is 1. The Hall–Kier alpha value is -2.81. The fraction of sp³-hybridized carbons (Fsp3) is 0.409. The maximum atomic E-state index is 13.8. The highest BCUT2D eigenvalue weighted by atomic mass is 32.2. The molecule has 0 saturated carbocycles. The molecule has 0 bridgehead atoms. The van der Waals surface area contributed by atoms with Gasteiger partial charge in [-0.15, -0.1) is 10.2 Å². The van der Waals surface area contributed by atoms with Gasteiger partial charge in [0, 0.05) is 18.8 Å². The van der Waals surface area contributed by atoms with E-state index in [1.807, 2.05) is 16.7 Å². The molecule has 7 nitrogen and oxygen atoms in total. The van der Waals surface area contributed by atoms with Gasteiger partial charge >= 0.3 is 0 Å². The molecule has 2 aromatic heterocycles. The summed E-state index contributed by atoms with van der Waals surface area (Å²) in [6.45, 7) is 5.86. The highest BCUT2D eigenvalue weighted by Gasteiger charge is 2.24. The molecule has 1 aliphatic heterocycles. The first kappa shape index (κ1) is 21.4. The molecule has 3 heterocycles. The number of carbonyl (C=O) groups is 1. The number of aryl methyl sites for hydroxylation is 1. The van der Waals surface area contributed by atoms with Gasteiger partial charge in [0.2, 0.25) is 11.9 Å². The second-order valence-electron chi connectivity index (χ2n) is 7.71. The summed E-state index contributed by atoms with van der Waals surface area (Å²) < 4.78 is 21.3. The van der Waals surface area contributed by atoms with Gasteiger partial charge in [0.1, 0.15) is 11.6 Å². The molecule has 1 unspecified atom stereocenters. The van der Waals surface area contributed by atoms with Crippen molar-refractivity contribution in [1.29, 1.82) is 0 Å². The number of anilines is 2. The monoisotopic (exact) mass is 443 g/mol. The largest absolute Gasteiger partial charge is 0.467 e. The normalized spacial score (nSPS) is 15.1. The minimum atomic E-state index is -0.446. The van der Waals surface area contributed by atoms with Crippen molar-refractivity contribution in [3.05, 3.63) is 53.7 Å². The third kappa shape index (κ3) is 5.10. The summed E-state index contributed by atoms with van der Waals surface area (Å²) in [6, 6.07) is 8.44. The van der Waals surface area contributed by atoms with Gasteiger partial charge in [-0.05, 0) is 62.9 Å². The smallest absolute Gasteiger partial charge is 0.237 e. The van der Waals surface area contributed by atoms with E-state index in [-0.39, 0.29) is 11.7 Å². The number of rotatable bonds is 7. The molecule has 3 aromatic rings. The summed E-state index contributed by atoms with van der Waals surface area (Å²) >= 11 is 1.33. The Kier molecular flexibility index (Phi) is 6.60. The zero-order chi connectivity index (χ0) is 21.8. The van der Waals surface area contributed by atoms with Crippen LogP contribution in [-0.4, -0.2) is 39.0 Å². The lowest BCUT2D eigenvalue weighted by molar-refractivity contribution is -0.115. The fourth-order valence-electron chi connectivity index (χ4n) is 3.52. The molecule has 4 rings (SSSR count). The van der Waals surface area contributed by atoms with Gasteiger partial charge in [-0.25, -0.2) is 4.39 Å². The Morgan fingerprint density at radius 1 is 1.26 bits per heavy atom. The molecule has 1 aliphatic rings. The number of hydrogen-bond donors (Lipinski definition) is 1. The summed E-state index contributed by atoms with van der Waals surface area (Å²) in [5.74, 6) is 1.03. The molecule has 31 heavy (non-hydrogen) atoms. The summed E-state index contributed by atoms with van der Waals surface area (Å²) in [7, 11) is 0. The first-order valence-electron chi connectivity index (χ1n) is 10.5. The third-order valence-electron chi connectivity index (χ3n) is 5.32. The standard InChI is InChI=1S/C22H26FN5O2S/c1-15-8-9-17(13-19(15)23)24-20(29)16(2)31-22-26-25-21(27-10-4-3-5-11-27)28(22)14-18-7-6-12-30-18/h6-9,12-13,16H,3-5,10-11,14H2,1-2H3,(H,24,29). The van der Waals surface area contributed by atoms with Gasteiger partial charge < -0.3 is 14.6 Å². The molecule has 1 fully saturated rings. The lowest BCUT2D eigenvalue weighted by Crippen LogP contribution is -2.32. The van der Waals surface area contributed by atoms with Gasteiger partial charge in [0.25, 0.3) is 0 Å². The van der Waals surface area contributed by atoms with Crippen molar-refractivity contribution in [2.45, 2.75) is 50.1 Å². The molecule has 0 spiro atoms. The van der Waals surface area contributed by atoms with Gasteiger partial charge in [-0.2, -0.15) is 0 Å². The molecule has 1 saturated heterocycles. The van der Waals surface area contributed by atoms with E-state index in [0.29, 0.717) is 23.0 Å². The van der Waals surface area contributed by atoms with Crippen LogP contribution in [0.1, 0.15) is 37.5 Å². The zero-order valence-corrected chi connectivity index (χ0v) is 18.5. The summed E-state index contributed by atoms with van der Waals surface area (Å²) in [5, 5.41) is 11.8. The van der Waals surface area contributed by atoms with Crippen molar-refractivity contribution in [2.24, 2.45) is 0 Å². The number of aromatic nitrogens is 3. The molecule has 1 atom stereocenters. The van der Waals surface area contributed by atoms with Gasteiger partial charge in [0.05, 0.1) is 18.1 Å². The first-order valence-corrected chi connectivity index (χ1v) is 11.3. The second kappa shape index (κ2) is 9.55. The maximum Gasteiger partial charge on any atom is 0.237 e. The van der Waals surface area contributed by atoms with Crippen LogP contribution in [0.4, 0.5) is 16.0 Å². The molecule has 0 aliphatic carbocycles. The van der Waals surface area contributed by atoms with E-state index in [1.165, 1.54) is 24.2 Å². The van der Waals surface area contributed by atoms with Crippen LogP contribution in [0, 0.1) is 12.7 Å². The minimum absolute atomic E-state index is 0.222. The molecule has 1 N–H and O–H groups in total. The number of thioether (sulfide) groups is 1. The number of halogens is 1. The SMILES string of the molecule is Cc1ccc(NC(=O)C(C)Sc2nnc(N3CCCCC3)n2Cc2ccco2)cc1F. The minimum Gasteiger partial charge on any atom is -0.467 e. The van der Waals surface area contributed by atoms with Gasteiger partial charge in [-0.3, -0.25) is 9.36 Å². The van der Waals surface area contributed by atoms with Crippen molar-refractivity contribution >= 4 is 29.3 Å². The van der Waals surface area contributed by atoms with Crippen LogP contribution < -0.4 is 10.2 Å². The molecule has 9 heteroatoms. The Bertz CT molecular complexity index is 1030. The van der Waals surface area contributed by atoms with Crippen molar-refractivity contribution in [2.75, 3.05) is 23.3 Å². The molecular weight excluding hydrogens is 417 g/mol. The highest BCUT2D eigenvalue weighted by Crippen LogP contribution is 2.29. The van der Waals surface area contributed by atoms with Crippen LogP contribution in [0.25, 0.3) is 0 Å². The molecule has 1 aromatic carbocycles. The van der Waals surface area contributed by atoms with Crippen molar-refractivity contribution < 1.29 is 13.6 Å². The van der Waals surface area contributed by atoms with E-state index >= 15 is 0 Å². The number of piperidine rings is 1. The van der Waals surface area contributed by atoms with Crippen LogP contribution >= 0.6 is 11.8 Å². The first-order chi connectivity index (χ1) is 15.0. The molecule has 164 valence electrons. The zero-order valence-electron chi connectivity index (χ0n) is 17.7. The number of carbonyl (C=O) groups excluding carboxylic acids is 1. The molecule has 0 radical (unpaired) electrons. The quantitative estimate of drug-likeness (QED) is 0.543. The summed E-state index contributed by atoms with van der Waals surface area (Å²) in [4.78, 5) is 14.9. The topological polar surface area (TPSA) is 76.2 Å². The number of amides is 1. The van der Waals surface area contributed by atoms with E-state index in [1.54, 1.807) is 32.2 Å². The van der Waals surface area contributed by atoms with Crippen LogP contribution in [-0.2, 0) is 11.3 Å². The fourth-order valence-corrected chi connectivity index (χ4v) is 4.36. The Morgan fingerprint density at radius 2 is 2.06 bits per heavy atom. The second-order valence-corrected chi connectivity index (χ2v) is 9.02. The number of furan rings is 1. The number of benzene rings is 1. The van der Waals surface area contributed by atoms with E-state index in [2.05, 4.69) is 20.4 Å². The van der Waals surface area contributed by atoms with Crippen LogP contribution in [0.2, 0.25) is 0 Å². The van der Waals surface area contributed by atoms with Gasteiger partial charge in [-0.1, -0.05) is 17.8 Å². The predicted molar refractivity (Wildman–Crippen MR) is 119 cm³/mol. The van der Waals surface area contributed by atoms with Gasteiger partial charge in [0.15, 0.2) is 5.16 Å². The van der Waals surface area contributed by atoms with E-state index < -0.39 is 5.25 Å². The molecular formula is C22H26FN5O2S. The summed E-state index contributed by atoms with van der Waals surface area (Å²) in [6.07, 6.45) is 5.12. The number of hydrogen-bond acceptors (Lipinski definition) is 6. The Balaban J connectivity index is 1.51. The summed E-state index contributed by atoms with van der Waals surface area (Å²) in [5.41, 5.74) is 0.975. The van der Waals surface area contributed by atoms with Crippen molar-refractivity contribution in [3.63, 3.8) is 0 Å². The highest BCUT2D eigenvalue weighted by molar-refractivity contribution is 8.00. The number of nitrogens with zero attached hydrogens (tertiary/aromatic N) is 4. The average molecular weight is 444 g/mol. The van der Waals surface area contributed by atoms with E-state index in [4.69, 9.17) is 4.42 Å². The Morgan fingerprint density at radius 3 is 2.77 bits per heavy atom. The van der Waals surface area contributed by atoms with Crippen LogP contribution in [0.5, 0.6) is 0 Å². The lowest BCUT2D eigenvalue weighted by atomic mass is 10.1. The van der Waals surface area contributed by atoms with Crippen molar-refractivity contribution in [3.8, 4) is 0 Å². The van der Waals surface area contributed by atoms with Crippen LogP contribution in [0.15, 0.2) is 46.2 Å². The average Bonchev–Trinajstić information content (AvgIpc) is 3.42. The maximum absolute atomic E-state index is 13.8. The Labute approximate surface area is 185 Å². The van der Waals surface area contributed by atoms with E-state index in [9.17, 15) is 9.18 Å². The van der Waals surface area contributed by atoms with Crippen LogP contribution in [0.3, 0.4) is 0 Å².